The first kappa shape index (κ1) is 33.5. The van der Waals surface area contributed by atoms with E-state index in [1.54, 1.807) is 0 Å². The predicted molar refractivity (Wildman–Crippen MR) is 169 cm³/mol. The van der Waals surface area contributed by atoms with Gasteiger partial charge in [-0.05, 0) is 44.2 Å². The summed E-state index contributed by atoms with van der Waals surface area (Å²) in [5.74, 6) is -5.21. The standard InChI is InChI=1S/C34H23N3O12/c1-18-7-9-20(14-27(18)36(44)45)29(38)16-48-33(42)22-11-12-23-25(13-22)32(41)35(31(23)40)26-6-4-3-5-24(26)34(43)49-17-30(39)21-10-8-19(2)28(15-21)37(46)47/h3-15H,16-17H2,1-2H3. The summed E-state index contributed by atoms with van der Waals surface area (Å²) in [6.45, 7) is 1.47. The number of benzene rings is 4. The Hall–Kier alpha value is -6.90. The van der Waals surface area contributed by atoms with E-state index in [0.717, 1.165) is 18.2 Å². The Balaban J connectivity index is 1.29. The maximum absolute atomic E-state index is 13.5. The highest BCUT2D eigenvalue weighted by Gasteiger charge is 2.39. The zero-order chi connectivity index (χ0) is 35.6. The summed E-state index contributed by atoms with van der Waals surface area (Å²) in [6.07, 6.45) is 0. The van der Waals surface area contributed by atoms with Gasteiger partial charge in [0.2, 0.25) is 11.6 Å². The van der Waals surface area contributed by atoms with E-state index in [1.807, 2.05) is 0 Å². The van der Waals surface area contributed by atoms with Crippen molar-refractivity contribution in [3.63, 3.8) is 0 Å². The van der Waals surface area contributed by atoms with Crippen molar-refractivity contribution in [1.82, 2.24) is 0 Å². The molecule has 0 aromatic heterocycles. The highest BCUT2D eigenvalue weighted by molar-refractivity contribution is 6.35. The quantitative estimate of drug-likeness (QED) is 0.0681. The molecule has 0 atom stereocenters. The highest BCUT2D eigenvalue weighted by Crippen LogP contribution is 2.32. The third-order valence-corrected chi connectivity index (χ3v) is 7.61. The minimum absolute atomic E-state index is 0.0452. The van der Waals surface area contributed by atoms with Crippen LogP contribution < -0.4 is 4.90 Å². The van der Waals surface area contributed by atoms with Gasteiger partial charge in [-0.15, -0.1) is 0 Å². The predicted octanol–water partition coefficient (Wildman–Crippen LogP) is 5.00. The zero-order valence-corrected chi connectivity index (χ0v) is 25.7. The van der Waals surface area contributed by atoms with Crippen LogP contribution in [-0.4, -0.2) is 58.4 Å². The number of anilines is 1. The van der Waals surface area contributed by atoms with Gasteiger partial charge in [0.05, 0.1) is 37.8 Å². The van der Waals surface area contributed by atoms with Crippen molar-refractivity contribution in [2.24, 2.45) is 0 Å². The van der Waals surface area contributed by atoms with E-state index in [9.17, 15) is 49.0 Å². The second kappa shape index (κ2) is 13.4. The van der Waals surface area contributed by atoms with Crippen molar-refractivity contribution >= 4 is 52.4 Å². The minimum Gasteiger partial charge on any atom is -0.454 e. The molecule has 0 radical (unpaired) electrons. The fraction of sp³-hybridized carbons (Fsp3) is 0.118. The van der Waals surface area contributed by atoms with Crippen LogP contribution in [0, 0.1) is 34.1 Å². The van der Waals surface area contributed by atoms with Crippen molar-refractivity contribution in [2.45, 2.75) is 13.8 Å². The summed E-state index contributed by atoms with van der Waals surface area (Å²) in [6, 6.07) is 16.6. The molecule has 0 spiro atoms. The number of Topliss-reactive ketones (excluding diaryl/α,β-unsaturated/α-hetero) is 2. The van der Waals surface area contributed by atoms with Crippen LogP contribution in [0.5, 0.6) is 0 Å². The van der Waals surface area contributed by atoms with Gasteiger partial charge in [0.25, 0.3) is 23.2 Å². The van der Waals surface area contributed by atoms with E-state index in [4.69, 9.17) is 9.47 Å². The van der Waals surface area contributed by atoms with Gasteiger partial charge >= 0.3 is 11.9 Å². The van der Waals surface area contributed by atoms with E-state index in [2.05, 4.69) is 0 Å². The number of para-hydroxylation sites is 1. The number of nitrogens with zero attached hydrogens (tertiary/aromatic N) is 3. The number of carbonyl (C=O) groups excluding carboxylic acids is 6. The molecule has 5 rings (SSSR count). The van der Waals surface area contributed by atoms with Gasteiger partial charge in [0, 0.05) is 34.4 Å². The van der Waals surface area contributed by atoms with E-state index in [-0.39, 0.29) is 50.4 Å². The van der Waals surface area contributed by atoms with Crippen LogP contribution in [0.1, 0.15) is 73.3 Å². The van der Waals surface area contributed by atoms with Gasteiger partial charge in [-0.3, -0.25) is 39.4 Å². The topological polar surface area (TPSA) is 210 Å². The van der Waals surface area contributed by atoms with Crippen molar-refractivity contribution < 1.29 is 48.1 Å². The molecule has 1 aliphatic heterocycles. The fourth-order valence-corrected chi connectivity index (χ4v) is 4.98. The molecule has 0 bridgehead atoms. The summed E-state index contributed by atoms with van der Waals surface area (Å²) in [7, 11) is 0. The van der Waals surface area contributed by atoms with E-state index in [1.165, 1.54) is 74.5 Å². The molecule has 0 aliphatic carbocycles. The van der Waals surface area contributed by atoms with Gasteiger partial charge in [-0.1, -0.05) is 36.4 Å². The van der Waals surface area contributed by atoms with E-state index >= 15 is 0 Å². The number of imide groups is 1. The first-order valence-corrected chi connectivity index (χ1v) is 14.3. The summed E-state index contributed by atoms with van der Waals surface area (Å²) < 4.78 is 10.2. The molecular formula is C34H23N3O12. The summed E-state index contributed by atoms with van der Waals surface area (Å²) >= 11 is 0. The zero-order valence-electron chi connectivity index (χ0n) is 25.7. The molecule has 15 heteroatoms. The lowest BCUT2D eigenvalue weighted by Gasteiger charge is -2.17. The third-order valence-electron chi connectivity index (χ3n) is 7.61. The molecule has 0 N–H and O–H groups in total. The van der Waals surface area contributed by atoms with Crippen LogP contribution in [0.15, 0.2) is 78.9 Å². The summed E-state index contributed by atoms with van der Waals surface area (Å²) in [4.78, 5) is 99.7. The van der Waals surface area contributed by atoms with Crippen molar-refractivity contribution in [1.29, 1.82) is 0 Å². The number of hydrogen-bond donors (Lipinski definition) is 0. The molecule has 2 amide bonds. The number of fused-ring (bicyclic) bond motifs is 1. The van der Waals surface area contributed by atoms with E-state index in [0.29, 0.717) is 16.0 Å². The van der Waals surface area contributed by atoms with Gasteiger partial charge in [0.15, 0.2) is 13.2 Å². The summed E-state index contributed by atoms with van der Waals surface area (Å²) in [5.41, 5.74) is -0.861. The van der Waals surface area contributed by atoms with Gasteiger partial charge in [-0.25, -0.2) is 14.5 Å². The maximum Gasteiger partial charge on any atom is 0.340 e. The molecule has 1 aliphatic rings. The average Bonchev–Trinajstić information content (AvgIpc) is 3.33. The Morgan fingerprint density at radius 2 is 1.12 bits per heavy atom. The minimum atomic E-state index is -1.06. The molecule has 0 saturated heterocycles. The molecule has 49 heavy (non-hydrogen) atoms. The highest BCUT2D eigenvalue weighted by atomic mass is 16.6. The number of ketones is 2. The molecule has 0 unspecified atom stereocenters. The SMILES string of the molecule is Cc1ccc(C(=O)COC(=O)c2ccc3c(c2)C(=O)N(c2ccccc2C(=O)OCC(=O)c2ccc(C)c([N+](=O)[O-])c2)C3=O)cc1[N+](=O)[O-]. The van der Waals surface area contributed by atoms with Crippen molar-refractivity contribution in [3.05, 3.63) is 144 Å². The fourth-order valence-electron chi connectivity index (χ4n) is 4.98. The number of aryl methyl sites for hydroxylation is 2. The number of nitro groups is 2. The second-order valence-electron chi connectivity index (χ2n) is 10.7. The summed E-state index contributed by atoms with van der Waals surface area (Å²) in [5, 5.41) is 22.4. The lowest BCUT2D eigenvalue weighted by Crippen LogP contribution is -2.31. The number of ether oxygens (including phenoxy) is 2. The van der Waals surface area contributed by atoms with Crippen molar-refractivity contribution in [2.75, 3.05) is 18.1 Å². The lowest BCUT2D eigenvalue weighted by atomic mass is 10.1. The van der Waals surface area contributed by atoms with Crippen LogP contribution in [0.2, 0.25) is 0 Å². The van der Waals surface area contributed by atoms with Crippen LogP contribution in [0.4, 0.5) is 17.1 Å². The lowest BCUT2D eigenvalue weighted by molar-refractivity contribution is -0.385. The number of esters is 2. The average molecular weight is 666 g/mol. The van der Waals surface area contributed by atoms with Crippen LogP contribution in [0.3, 0.4) is 0 Å². The number of nitro benzene ring substituents is 2. The Kier molecular flexibility index (Phi) is 9.18. The third kappa shape index (κ3) is 6.66. The molecule has 246 valence electrons. The molecule has 0 saturated carbocycles. The van der Waals surface area contributed by atoms with E-state index < -0.39 is 58.4 Å². The Labute approximate surface area is 276 Å². The molecular weight excluding hydrogens is 642 g/mol. The number of carbonyl (C=O) groups is 6. The van der Waals surface area contributed by atoms with Crippen LogP contribution in [0.25, 0.3) is 0 Å². The smallest absolute Gasteiger partial charge is 0.340 e. The Morgan fingerprint density at radius 1 is 0.633 bits per heavy atom. The monoisotopic (exact) mass is 665 g/mol. The maximum atomic E-state index is 13.5. The molecule has 15 nitrogen and oxygen atoms in total. The largest absolute Gasteiger partial charge is 0.454 e. The van der Waals surface area contributed by atoms with Crippen LogP contribution >= 0.6 is 0 Å². The first-order chi connectivity index (χ1) is 23.3. The molecule has 0 fully saturated rings. The number of rotatable bonds is 11. The molecule has 4 aromatic rings. The number of amides is 2. The normalized spacial score (nSPS) is 11.9. The molecule has 1 heterocycles. The number of hydrogen-bond acceptors (Lipinski definition) is 12. The van der Waals surface area contributed by atoms with Crippen LogP contribution in [-0.2, 0) is 9.47 Å². The van der Waals surface area contributed by atoms with Gasteiger partial charge in [-0.2, -0.15) is 0 Å². The second-order valence-corrected chi connectivity index (χ2v) is 10.7. The van der Waals surface area contributed by atoms with Gasteiger partial charge < -0.3 is 9.47 Å². The molecule has 4 aromatic carbocycles. The van der Waals surface area contributed by atoms with Crippen molar-refractivity contribution in [3.8, 4) is 0 Å². The Morgan fingerprint density at radius 3 is 1.67 bits per heavy atom. The van der Waals surface area contributed by atoms with Gasteiger partial charge in [0.1, 0.15) is 0 Å². The Bertz CT molecular complexity index is 2140. The first-order valence-electron chi connectivity index (χ1n) is 14.3.